The molecule has 0 saturated heterocycles. The smallest absolute Gasteiger partial charge is 0.0643 e. The summed E-state index contributed by atoms with van der Waals surface area (Å²) in [7, 11) is 0. The third-order valence-electron chi connectivity index (χ3n) is 2.53. The lowest BCUT2D eigenvalue weighted by molar-refractivity contribution is 0.562. The second-order valence-electron chi connectivity index (χ2n) is 4.75. The van der Waals surface area contributed by atoms with Crippen molar-refractivity contribution in [3.05, 3.63) is 23.3 Å². The van der Waals surface area contributed by atoms with Crippen molar-refractivity contribution >= 4 is 0 Å². The SMILES string of the molecule is CC(C)(C)c1cnc2c(n1)CCC2. The molecule has 0 unspecified atom stereocenters. The van der Waals surface area contributed by atoms with Gasteiger partial charge in [-0.05, 0) is 19.3 Å². The van der Waals surface area contributed by atoms with E-state index in [9.17, 15) is 0 Å². The summed E-state index contributed by atoms with van der Waals surface area (Å²) >= 11 is 0. The molecule has 1 aromatic heterocycles. The number of fused-ring (bicyclic) bond motifs is 1. The molecule has 0 spiro atoms. The zero-order chi connectivity index (χ0) is 9.47. The van der Waals surface area contributed by atoms with Crippen LogP contribution in [0.4, 0.5) is 0 Å². The lowest BCUT2D eigenvalue weighted by Gasteiger charge is -2.17. The third-order valence-corrected chi connectivity index (χ3v) is 2.53. The Hall–Kier alpha value is -0.920. The van der Waals surface area contributed by atoms with Crippen molar-refractivity contribution in [1.82, 2.24) is 9.97 Å². The normalized spacial score (nSPS) is 15.9. The summed E-state index contributed by atoms with van der Waals surface area (Å²) in [6, 6.07) is 0. The summed E-state index contributed by atoms with van der Waals surface area (Å²) < 4.78 is 0. The number of aromatic nitrogens is 2. The van der Waals surface area contributed by atoms with Crippen LogP contribution in [0.5, 0.6) is 0 Å². The second-order valence-corrected chi connectivity index (χ2v) is 4.75. The van der Waals surface area contributed by atoms with Crippen molar-refractivity contribution in [3.8, 4) is 0 Å². The monoisotopic (exact) mass is 176 g/mol. The number of nitrogens with zero attached hydrogens (tertiary/aromatic N) is 2. The summed E-state index contributed by atoms with van der Waals surface area (Å²) in [6.45, 7) is 6.54. The third kappa shape index (κ3) is 1.58. The van der Waals surface area contributed by atoms with Gasteiger partial charge in [0.25, 0.3) is 0 Å². The maximum atomic E-state index is 4.66. The van der Waals surface area contributed by atoms with Gasteiger partial charge >= 0.3 is 0 Å². The second kappa shape index (κ2) is 2.79. The van der Waals surface area contributed by atoms with E-state index >= 15 is 0 Å². The van der Waals surface area contributed by atoms with Gasteiger partial charge in [-0.3, -0.25) is 9.97 Å². The van der Waals surface area contributed by atoms with Crippen LogP contribution in [0.15, 0.2) is 6.20 Å². The minimum atomic E-state index is 0.130. The molecule has 1 aliphatic carbocycles. The van der Waals surface area contributed by atoms with Crippen LogP contribution in [-0.4, -0.2) is 9.97 Å². The first-order valence-corrected chi connectivity index (χ1v) is 4.92. The lowest BCUT2D eigenvalue weighted by atomic mass is 9.92. The summed E-state index contributed by atoms with van der Waals surface area (Å²) in [4.78, 5) is 9.13. The predicted molar refractivity (Wildman–Crippen MR) is 52.8 cm³/mol. The van der Waals surface area contributed by atoms with Crippen LogP contribution < -0.4 is 0 Å². The van der Waals surface area contributed by atoms with E-state index in [-0.39, 0.29) is 5.41 Å². The Kier molecular flexibility index (Phi) is 1.86. The van der Waals surface area contributed by atoms with Gasteiger partial charge in [0.05, 0.1) is 17.1 Å². The summed E-state index contributed by atoms with van der Waals surface area (Å²) in [5.74, 6) is 0. The standard InChI is InChI=1S/C11H16N2/c1-11(2,3)10-7-12-8-5-4-6-9(8)13-10/h7H,4-6H2,1-3H3. The fourth-order valence-corrected chi connectivity index (χ4v) is 1.65. The molecule has 70 valence electrons. The minimum Gasteiger partial charge on any atom is -0.257 e. The molecule has 0 radical (unpaired) electrons. The molecular weight excluding hydrogens is 160 g/mol. The van der Waals surface area contributed by atoms with Gasteiger partial charge in [0.2, 0.25) is 0 Å². The number of aryl methyl sites for hydroxylation is 2. The molecule has 0 aliphatic heterocycles. The van der Waals surface area contributed by atoms with E-state index in [1.54, 1.807) is 0 Å². The van der Waals surface area contributed by atoms with Gasteiger partial charge in [0.1, 0.15) is 0 Å². The van der Waals surface area contributed by atoms with Crippen LogP contribution in [0, 0.1) is 0 Å². The molecule has 2 nitrogen and oxygen atoms in total. The highest BCUT2D eigenvalue weighted by molar-refractivity contribution is 5.21. The maximum absolute atomic E-state index is 4.66. The molecule has 1 aromatic rings. The highest BCUT2D eigenvalue weighted by atomic mass is 14.8. The predicted octanol–water partition coefficient (Wildman–Crippen LogP) is 2.26. The number of hydrogen-bond donors (Lipinski definition) is 0. The maximum Gasteiger partial charge on any atom is 0.0643 e. The van der Waals surface area contributed by atoms with Crippen LogP contribution in [0.3, 0.4) is 0 Å². The van der Waals surface area contributed by atoms with Crippen molar-refractivity contribution in [2.75, 3.05) is 0 Å². The first kappa shape index (κ1) is 8.67. The Labute approximate surface area is 79.4 Å². The molecule has 0 aromatic carbocycles. The highest BCUT2D eigenvalue weighted by Crippen LogP contribution is 2.23. The molecule has 0 fully saturated rings. The zero-order valence-electron chi connectivity index (χ0n) is 8.59. The fraction of sp³-hybridized carbons (Fsp3) is 0.636. The Balaban J connectivity index is 2.42. The van der Waals surface area contributed by atoms with E-state index in [1.165, 1.54) is 17.8 Å². The molecule has 1 aliphatic rings. The molecule has 13 heavy (non-hydrogen) atoms. The molecule has 0 atom stereocenters. The van der Waals surface area contributed by atoms with Crippen LogP contribution in [0.2, 0.25) is 0 Å². The van der Waals surface area contributed by atoms with Crippen LogP contribution in [0.1, 0.15) is 44.3 Å². The topological polar surface area (TPSA) is 25.8 Å². The average molecular weight is 176 g/mol. The molecule has 1 heterocycles. The average Bonchev–Trinajstić information content (AvgIpc) is 2.47. The van der Waals surface area contributed by atoms with E-state index in [0.29, 0.717) is 0 Å². The van der Waals surface area contributed by atoms with Gasteiger partial charge in [-0.1, -0.05) is 20.8 Å². The lowest BCUT2D eigenvalue weighted by Crippen LogP contribution is -2.15. The van der Waals surface area contributed by atoms with E-state index in [2.05, 4.69) is 30.7 Å². The van der Waals surface area contributed by atoms with Crippen LogP contribution in [0.25, 0.3) is 0 Å². The van der Waals surface area contributed by atoms with Gasteiger partial charge in [-0.2, -0.15) is 0 Å². The van der Waals surface area contributed by atoms with Crippen molar-refractivity contribution in [2.24, 2.45) is 0 Å². The van der Waals surface area contributed by atoms with Gasteiger partial charge in [-0.25, -0.2) is 0 Å². The summed E-state index contributed by atoms with van der Waals surface area (Å²) in [6.07, 6.45) is 5.39. The van der Waals surface area contributed by atoms with E-state index in [4.69, 9.17) is 0 Å². The van der Waals surface area contributed by atoms with E-state index in [0.717, 1.165) is 18.5 Å². The summed E-state index contributed by atoms with van der Waals surface area (Å²) in [5.41, 5.74) is 3.69. The minimum absolute atomic E-state index is 0.130. The van der Waals surface area contributed by atoms with Crippen molar-refractivity contribution in [3.63, 3.8) is 0 Å². The number of hydrogen-bond acceptors (Lipinski definition) is 2. The Morgan fingerprint density at radius 2 is 1.85 bits per heavy atom. The van der Waals surface area contributed by atoms with Gasteiger partial charge < -0.3 is 0 Å². The fourth-order valence-electron chi connectivity index (χ4n) is 1.65. The van der Waals surface area contributed by atoms with E-state index < -0.39 is 0 Å². The van der Waals surface area contributed by atoms with Crippen molar-refractivity contribution in [2.45, 2.75) is 45.4 Å². The Morgan fingerprint density at radius 3 is 2.54 bits per heavy atom. The largest absolute Gasteiger partial charge is 0.257 e. The molecule has 0 amide bonds. The van der Waals surface area contributed by atoms with Crippen LogP contribution >= 0.6 is 0 Å². The zero-order valence-corrected chi connectivity index (χ0v) is 8.59. The summed E-state index contributed by atoms with van der Waals surface area (Å²) in [5, 5.41) is 0. The first-order valence-electron chi connectivity index (χ1n) is 4.92. The first-order chi connectivity index (χ1) is 6.07. The molecule has 0 N–H and O–H groups in total. The molecule has 2 rings (SSSR count). The Bertz CT molecular complexity index is 323. The molecule has 0 saturated carbocycles. The molecular formula is C11H16N2. The van der Waals surface area contributed by atoms with Gasteiger partial charge in [-0.15, -0.1) is 0 Å². The van der Waals surface area contributed by atoms with Gasteiger partial charge in [0.15, 0.2) is 0 Å². The van der Waals surface area contributed by atoms with Crippen LogP contribution in [-0.2, 0) is 18.3 Å². The van der Waals surface area contributed by atoms with Crippen molar-refractivity contribution < 1.29 is 0 Å². The Morgan fingerprint density at radius 1 is 1.15 bits per heavy atom. The number of rotatable bonds is 0. The van der Waals surface area contributed by atoms with Gasteiger partial charge in [0, 0.05) is 11.6 Å². The molecule has 2 heteroatoms. The molecule has 0 bridgehead atoms. The highest BCUT2D eigenvalue weighted by Gasteiger charge is 2.20. The van der Waals surface area contributed by atoms with Crippen molar-refractivity contribution in [1.29, 1.82) is 0 Å². The quantitative estimate of drug-likeness (QED) is 0.606. The van der Waals surface area contributed by atoms with E-state index in [1.807, 2.05) is 6.20 Å².